The van der Waals surface area contributed by atoms with Crippen LogP contribution in [0.4, 0.5) is 5.82 Å². The second kappa shape index (κ2) is 6.14. The molecule has 1 heterocycles. The average molecular weight is 263 g/mol. The van der Waals surface area contributed by atoms with E-state index in [1.54, 1.807) is 0 Å². The van der Waals surface area contributed by atoms with Gasteiger partial charge in [0, 0.05) is 6.04 Å². The zero-order valence-electron chi connectivity index (χ0n) is 10.9. The fraction of sp³-hybridized carbons (Fsp3) is 0.571. The lowest BCUT2D eigenvalue weighted by Gasteiger charge is -2.32. The molecule has 2 unspecified atom stereocenters. The van der Waals surface area contributed by atoms with E-state index in [4.69, 9.17) is 18.0 Å². The molecule has 2 rings (SSSR count). The maximum Gasteiger partial charge on any atom is 0.126 e. The Morgan fingerprint density at radius 1 is 1.44 bits per heavy atom. The van der Waals surface area contributed by atoms with Crippen LogP contribution in [0.25, 0.3) is 0 Å². The molecule has 1 aromatic rings. The summed E-state index contributed by atoms with van der Waals surface area (Å²) in [6, 6.07) is 6.33. The first kappa shape index (κ1) is 13.3. The first-order valence-corrected chi connectivity index (χ1v) is 7.15. The molecule has 3 N–H and O–H groups in total. The van der Waals surface area contributed by atoms with Gasteiger partial charge in [0.2, 0.25) is 0 Å². The second-order valence-corrected chi connectivity index (χ2v) is 5.42. The van der Waals surface area contributed by atoms with Gasteiger partial charge in [0.1, 0.15) is 10.8 Å². The molecule has 1 aliphatic carbocycles. The smallest absolute Gasteiger partial charge is 0.126 e. The van der Waals surface area contributed by atoms with Gasteiger partial charge in [0.25, 0.3) is 0 Å². The highest BCUT2D eigenvalue weighted by Crippen LogP contribution is 2.28. The summed E-state index contributed by atoms with van der Waals surface area (Å²) in [5.74, 6) is 1.65. The third kappa shape index (κ3) is 3.19. The zero-order valence-corrected chi connectivity index (χ0v) is 11.7. The molecule has 0 aromatic carbocycles. The summed E-state index contributed by atoms with van der Waals surface area (Å²) in [6.07, 6.45) is 6.45. The number of anilines is 1. The predicted octanol–water partition coefficient (Wildman–Crippen LogP) is 3.10. The maximum absolute atomic E-state index is 5.61. The maximum atomic E-state index is 5.61. The number of nitrogens with one attached hydrogen (secondary N) is 1. The van der Waals surface area contributed by atoms with Crippen LogP contribution in [0.5, 0.6) is 0 Å². The Balaban J connectivity index is 2.07. The molecule has 2 atom stereocenters. The highest BCUT2D eigenvalue weighted by atomic mass is 32.1. The Hall–Kier alpha value is -1.16. The first-order valence-electron chi connectivity index (χ1n) is 6.74. The molecule has 0 radical (unpaired) electrons. The summed E-state index contributed by atoms with van der Waals surface area (Å²) in [5.41, 5.74) is 6.30. The Kier molecular flexibility index (Phi) is 4.53. The Morgan fingerprint density at radius 3 is 2.94 bits per heavy atom. The van der Waals surface area contributed by atoms with E-state index in [2.05, 4.69) is 17.2 Å². The molecular weight excluding hydrogens is 242 g/mol. The van der Waals surface area contributed by atoms with E-state index in [1.807, 2.05) is 18.2 Å². The van der Waals surface area contributed by atoms with Crippen molar-refractivity contribution < 1.29 is 0 Å². The molecule has 4 heteroatoms. The monoisotopic (exact) mass is 263 g/mol. The Labute approximate surface area is 114 Å². The fourth-order valence-corrected chi connectivity index (χ4v) is 2.84. The van der Waals surface area contributed by atoms with Gasteiger partial charge < -0.3 is 11.1 Å². The lowest BCUT2D eigenvalue weighted by Crippen LogP contribution is -2.32. The molecule has 0 amide bonds. The van der Waals surface area contributed by atoms with Gasteiger partial charge >= 0.3 is 0 Å². The summed E-state index contributed by atoms with van der Waals surface area (Å²) >= 11 is 4.96. The van der Waals surface area contributed by atoms with E-state index >= 15 is 0 Å². The van der Waals surface area contributed by atoms with E-state index in [1.165, 1.54) is 32.1 Å². The van der Waals surface area contributed by atoms with Gasteiger partial charge in [-0.2, -0.15) is 0 Å². The minimum Gasteiger partial charge on any atom is -0.388 e. The first-order chi connectivity index (χ1) is 8.70. The van der Waals surface area contributed by atoms with Crippen molar-refractivity contribution in [2.75, 3.05) is 5.32 Å². The van der Waals surface area contributed by atoms with E-state index < -0.39 is 0 Å². The third-order valence-corrected chi connectivity index (χ3v) is 3.98. The number of thiocarbonyl (C=S) groups is 1. The third-order valence-electron chi connectivity index (χ3n) is 3.77. The lowest BCUT2D eigenvalue weighted by atomic mass is 9.83. The minimum atomic E-state index is 0.356. The van der Waals surface area contributed by atoms with Crippen LogP contribution in [0.15, 0.2) is 18.2 Å². The molecule has 1 saturated carbocycles. The highest BCUT2D eigenvalue weighted by molar-refractivity contribution is 7.80. The van der Waals surface area contributed by atoms with Crippen LogP contribution in [-0.2, 0) is 0 Å². The quantitative estimate of drug-likeness (QED) is 0.820. The number of nitrogens with two attached hydrogens (primary N) is 1. The molecule has 0 aliphatic heterocycles. The number of hydrogen-bond donors (Lipinski definition) is 2. The van der Waals surface area contributed by atoms with Crippen molar-refractivity contribution in [3.05, 3.63) is 23.9 Å². The minimum absolute atomic E-state index is 0.356. The molecule has 1 fully saturated rings. The number of pyridine rings is 1. The summed E-state index contributed by atoms with van der Waals surface area (Å²) in [6.45, 7) is 2.27. The van der Waals surface area contributed by atoms with Gasteiger partial charge in [-0.25, -0.2) is 4.98 Å². The highest BCUT2D eigenvalue weighted by Gasteiger charge is 2.23. The van der Waals surface area contributed by atoms with Gasteiger partial charge in [-0.1, -0.05) is 44.5 Å². The van der Waals surface area contributed by atoms with Crippen molar-refractivity contribution >= 4 is 23.0 Å². The fourth-order valence-electron chi connectivity index (χ4n) is 2.73. The molecule has 18 heavy (non-hydrogen) atoms. The molecule has 0 spiro atoms. The van der Waals surface area contributed by atoms with Crippen LogP contribution < -0.4 is 11.1 Å². The van der Waals surface area contributed by atoms with Gasteiger partial charge in [-0.05, 0) is 30.9 Å². The van der Waals surface area contributed by atoms with E-state index in [0.717, 1.165) is 11.7 Å². The van der Waals surface area contributed by atoms with Crippen LogP contribution in [0.2, 0.25) is 0 Å². The van der Waals surface area contributed by atoms with Crippen LogP contribution in [0.3, 0.4) is 0 Å². The number of nitrogens with zero attached hydrogens (tertiary/aromatic N) is 1. The molecule has 3 nitrogen and oxygen atoms in total. The number of aromatic nitrogens is 1. The predicted molar refractivity (Wildman–Crippen MR) is 79.8 cm³/mol. The lowest BCUT2D eigenvalue weighted by molar-refractivity contribution is 0.317. The van der Waals surface area contributed by atoms with Crippen LogP contribution in [0, 0.1) is 5.92 Å². The summed E-state index contributed by atoms with van der Waals surface area (Å²) in [7, 11) is 0. The molecule has 1 aromatic heterocycles. The standard InChI is InChI=1S/C14H21N3S/c1-2-10-6-3-4-7-11(10)16-13-9-5-8-12(17-13)14(15)18/h5,8-11H,2-4,6-7H2,1H3,(H2,15,18)(H,16,17). The average Bonchev–Trinajstić information content (AvgIpc) is 2.39. The van der Waals surface area contributed by atoms with Crippen molar-refractivity contribution in [3.8, 4) is 0 Å². The van der Waals surface area contributed by atoms with Gasteiger partial charge in [-0.3, -0.25) is 0 Å². The van der Waals surface area contributed by atoms with Gasteiger partial charge in [-0.15, -0.1) is 0 Å². The van der Waals surface area contributed by atoms with Crippen LogP contribution in [-0.4, -0.2) is 16.0 Å². The van der Waals surface area contributed by atoms with Crippen molar-refractivity contribution in [2.45, 2.75) is 45.1 Å². The van der Waals surface area contributed by atoms with Crippen molar-refractivity contribution in [1.29, 1.82) is 0 Å². The molecule has 0 saturated heterocycles. The van der Waals surface area contributed by atoms with Crippen LogP contribution in [0.1, 0.15) is 44.7 Å². The summed E-state index contributed by atoms with van der Waals surface area (Å²) < 4.78 is 0. The van der Waals surface area contributed by atoms with E-state index in [9.17, 15) is 0 Å². The number of rotatable bonds is 4. The Morgan fingerprint density at radius 2 is 2.22 bits per heavy atom. The summed E-state index contributed by atoms with van der Waals surface area (Å²) in [5, 5.41) is 3.55. The topological polar surface area (TPSA) is 50.9 Å². The van der Waals surface area contributed by atoms with Crippen molar-refractivity contribution in [1.82, 2.24) is 4.98 Å². The molecule has 1 aliphatic rings. The molecule has 98 valence electrons. The van der Waals surface area contributed by atoms with Crippen molar-refractivity contribution in [2.24, 2.45) is 11.7 Å². The zero-order chi connectivity index (χ0) is 13.0. The molecule has 0 bridgehead atoms. The van der Waals surface area contributed by atoms with E-state index in [-0.39, 0.29) is 0 Å². The normalized spacial score (nSPS) is 23.6. The van der Waals surface area contributed by atoms with Crippen LogP contribution >= 0.6 is 12.2 Å². The second-order valence-electron chi connectivity index (χ2n) is 4.98. The summed E-state index contributed by atoms with van der Waals surface area (Å²) in [4.78, 5) is 4.81. The van der Waals surface area contributed by atoms with Crippen molar-refractivity contribution in [3.63, 3.8) is 0 Å². The largest absolute Gasteiger partial charge is 0.388 e. The van der Waals surface area contributed by atoms with E-state index in [0.29, 0.717) is 16.7 Å². The van der Waals surface area contributed by atoms with Gasteiger partial charge in [0.05, 0.1) is 5.69 Å². The Bertz CT molecular complexity index is 419. The molecular formula is C14H21N3S. The number of hydrogen-bond acceptors (Lipinski definition) is 3. The SMILES string of the molecule is CCC1CCCCC1Nc1cccc(C(N)=S)n1. The van der Waals surface area contributed by atoms with Gasteiger partial charge in [0.15, 0.2) is 0 Å².